The summed E-state index contributed by atoms with van der Waals surface area (Å²) in [5.74, 6) is -2.10. The largest absolute Gasteiger partial charge is 0.507 e. The number of pyridine rings is 1. The molecular weight excluding hydrogens is 423 g/mol. The lowest BCUT2D eigenvalue weighted by molar-refractivity contribution is -0.140. The molecule has 0 saturated carbocycles. The van der Waals surface area contributed by atoms with Gasteiger partial charge in [-0.1, -0.05) is 30.9 Å². The number of Topliss-reactive ketones (excluding diaryl/α,β-unsaturated/α-hetero) is 1. The summed E-state index contributed by atoms with van der Waals surface area (Å²) < 4.78 is 20.3. The van der Waals surface area contributed by atoms with E-state index in [1.807, 2.05) is 0 Å². The fourth-order valence-electron chi connectivity index (χ4n) is 3.77. The van der Waals surface area contributed by atoms with Crippen molar-refractivity contribution in [2.24, 2.45) is 0 Å². The number of nitrogens with zero attached hydrogens (tertiary/aromatic N) is 2. The first-order valence-corrected chi connectivity index (χ1v) is 10.3. The Hall–Kier alpha value is -4.26. The first-order valence-electron chi connectivity index (χ1n) is 10.3. The molecule has 0 bridgehead atoms. The topological polar surface area (TPSA) is 79.7 Å². The Morgan fingerprint density at radius 3 is 2.45 bits per heavy atom. The molecule has 1 saturated heterocycles. The van der Waals surface area contributed by atoms with Crippen LogP contribution in [0.4, 0.5) is 4.39 Å². The third kappa shape index (κ3) is 4.39. The summed E-state index contributed by atoms with van der Waals surface area (Å²) in [6.45, 7) is 3.96. The third-order valence-corrected chi connectivity index (χ3v) is 5.34. The van der Waals surface area contributed by atoms with E-state index >= 15 is 0 Å². The number of likely N-dealkylation sites (tertiary alicyclic amines) is 1. The molecule has 4 rings (SSSR count). The minimum atomic E-state index is -1.09. The van der Waals surface area contributed by atoms with Gasteiger partial charge < -0.3 is 14.7 Å². The number of aromatic nitrogens is 1. The molecule has 0 aliphatic carbocycles. The van der Waals surface area contributed by atoms with E-state index in [9.17, 15) is 19.1 Å². The SMILES string of the molecule is C=CCOc1ccc(C(O)=C2C(=O)C(=O)N(Cc3ccncc3)[C@@H]2c2ccccc2F)cc1. The predicted molar refractivity (Wildman–Crippen MR) is 121 cm³/mol. The van der Waals surface area contributed by atoms with Crippen LogP contribution in [0.15, 0.2) is 91.3 Å². The van der Waals surface area contributed by atoms with Crippen molar-refractivity contribution in [3.8, 4) is 5.75 Å². The Bertz CT molecular complexity index is 1220. The molecule has 1 aliphatic heterocycles. The highest BCUT2D eigenvalue weighted by atomic mass is 19.1. The van der Waals surface area contributed by atoms with E-state index < -0.39 is 23.5 Å². The number of aliphatic hydroxyl groups excluding tert-OH is 1. The molecule has 1 amide bonds. The molecule has 166 valence electrons. The summed E-state index contributed by atoms with van der Waals surface area (Å²) in [7, 11) is 0. The van der Waals surface area contributed by atoms with Gasteiger partial charge in [0.2, 0.25) is 0 Å². The van der Waals surface area contributed by atoms with Crippen LogP contribution in [0.1, 0.15) is 22.7 Å². The highest BCUT2D eigenvalue weighted by Crippen LogP contribution is 2.41. The fourth-order valence-corrected chi connectivity index (χ4v) is 3.77. The number of benzene rings is 2. The molecule has 0 radical (unpaired) electrons. The number of rotatable bonds is 7. The molecule has 33 heavy (non-hydrogen) atoms. The summed E-state index contributed by atoms with van der Waals surface area (Å²) in [4.78, 5) is 31.3. The van der Waals surface area contributed by atoms with Gasteiger partial charge in [0, 0.05) is 30.1 Å². The van der Waals surface area contributed by atoms with Crippen molar-refractivity contribution in [3.63, 3.8) is 0 Å². The van der Waals surface area contributed by atoms with Crippen molar-refractivity contribution in [1.82, 2.24) is 9.88 Å². The molecule has 2 aromatic carbocycles. The van der Waals surface area contributed by atoms with Gasteiger partial charge >= 0.3 is 0 Å². The maximum atomic E-state index is 14.8. The summed E-state index contributed by atoms with van der Waals surface area (Å²) in [6, 6.07) is 14.6. The van der Waals surface area contributed by atoms with E-state index in [1.54, 1.807) is 60.9 Å². The zero-order valence-electron chi connectivity index (χ0n) is 17.6. The van der Waals surface area contributed by atoms with Gasteiger partial charge in [0.15, 0.2) is 0 Å². The Morgan fingerprint density at radius 1 is 1.09 bits per heavy atom. The Morgan fingerprint density at radius 2 is 1.79 bits per heavy atom. The molecule has 0 unspecified atom stereocenters. The van der Waals surface area contributed by atoms with Gasteiger partial charge in [-0.15, -0.1) is 0 Å². The standard InChI is InChI=1S/C26H21FN2O4/c1-2-15-33-19-9-7-18(8-10-19)24(30)22-23(20-5-3-4-6-21(20)27)29(26(32)25(22)31)16-17-11-13-28-14-12-17/h2-14,23,30H,1,15-16H2/t23-/m1/s1. The smallest absolute Gasteiger partial charge is 0.295 e. The molecule has 2 heterocycles. The molecular formula is C26H21FN2O4. The number of carbonyl (C=O) groups excluding carboxylic acids is 2. The molecule has 7 heteroatoms. The van der Waals surface area contributed by atoms with Crippen molar-refractivity contribution in [2.45, 2.75) is 12.6 Å². The van der Waals surface area contributed by atoms with E-state index in [0.29, 0.717) is 17.9 Å². The van der Waals surface area contributed by atoms with Crippen LogP contribution < -0.4 is 4.74 Å². The third-order valence-electron chi connectivity index (χ3n) is 5.34. The van der Waals surface area contributed by atoms with Gasteiger partial charge in [-0.2, -0.15) is 0 Å². The monoisotopic (exact) mass is 444 g/mol. The number of aliphatic hydroxyl groups is 1. The first-order chi connectivity index (χ1) is 16.0. The normalized spacial score (nSPS) is 17.2. The van der Waals surface area contributed by atoms with Gasteiger partial charge in [-0.05, 0) is 48.0 Å². The maximum absolute atomic E-state index is 14.8. The highest BCUT2D eigenvalue weighted by Gasteiger charge is 2.46. The Kier molecular flexibility index (Phi) is 6.31. The second-order valence-corrected chi connectivity index (χ2v) is 7.43. The van der Waals surface area contributed by atoms with Gasteiger partial charge in [0.05, 0.1) is 11.6 Å². The van der Waals surface area contributed by atoms with E-state index in [2.05, 4.69) is 11.6 Å². The lowest BCUT2D eigenvalue weighted by atomic mass is 9.94. The zero-order valence-corrected chi connectivity index (χ0v) is 17.6. The van der Waals surface area contributed by atoms with Crippen molar-refractivity contribution in [3.05, 3.63) is 114 Å². The molecule has 1 aliphatic rings. The lowest BCUT2D eigenvalue weighted by Gasteiger charge is -2.25. The van der Waals surface area contributed by atoms with Crippen LogP contribution in [0, 0.1) is 5.82 Å². The summed E-state index contributed by atoms with van der Waals surface area (Å²) in [5.41, 5.74) is 0.985. The average molecular weight is 444 g/mol. The minimum Gasteiger partial charge on any atom is -0.507 e. The van der Waals surface area contributed by atoms with Crippen molar-refractivity contribution in [2.75, 3.05) is 6.61 Å². The van der Waals surface area contributed by atoms with Gasteiger partial charge in [-0.25, -0.2) is 4.39 Å². The van der Waals surface area contributed by atoms with Crippen LogP contribution in [-0.4, -0.2) is 33.3 Å². The lowest BCUT2D eigenvalue weighted by Crippen LogP contribution is -2.29. The van der Waals surface area contributed by atoms with Crippen LogP contribution in [0.25, 0.3) is 5.76 Å². The van der Waals surface area contributed by atoms with E-state index in [-0.39, 0.29) is 23.4 Å². The van der Waals surface area contributed by atoms with Crippen molar-refractivity contribution in [1.29, 1.82) is 0 Å². The molecule has 1 fully saturated rings. The summed E-state index contributed by atoms with van der Waals surface area (Å²) in [5, 5.41) is 11.1. The van der Waals surface area contributed by atoms with Crippen LogP contribution in [0.3, 0.4) is 0 Å². The van der Waals surface area contributed by atoms with Crippen LogP contribution >= 0.6 is 0 Å². The molecule has 3 aromatic rings. The highest BCUT2D eigenvalue weighted by molar-refractivity contribution is 6.46. The van der Waals surface area contributed by atoms with E-state index in [4.69, 9.17) is 4.74 Å². The van der Waals surface area contributed by atoms with E-state index in [0.717, 1.165) is 5.56 Å². The van der Waals surface area contributed by atoms with Crippen LogP contribution in [-0.2, 0) is 16.1 Å². The van der Waals surface area contributed by atoms with Gasteiger partial charge in [0.25, 0.3) is 11.7 Å². The summed E-state index contributed by atoms with van der Waals surface area (Å²) in [6.07, 6.45) is 4.74. The van der Waals surface area contributed by atoms with Crippen LogP contribution in [0.5, 0.6) is 5.75 Å². The minimum absolute atomic E-state index is 0.0528. The summed E-state index contributed by atoms with van der Waals surface area (Å²) >= 11 is 0. The van der Waals surface area contributed by atoms with Crippen LogP contribution in [0.2, 0.25) is 0 Å². The zero-order chi connectivity index (χ0) is 23.4. The number of hydrogen-bond acceptors (Lipinski definition) is 5. The predicted octanol–water partition coefficient (Wildman–Crippen LogP) is 4.41. The molecule has 0 spiro atoms. The number of ether oxygens (including phenoxy) is 1. The maximum Gasteiger partial charge on any atom is 0.295 e. The first kappa shape index (κ1) is 22.0. The van der Waals surface area contributed by atoms with E-state index in [1.165, 1.54) is 23.1 Å². The van der Waals surface area contributed by atoms with Crippen molar-refractivity contribution < 1.29 is 23.8 Å². The molecule has 1 aromatic heterocycles. The average Bonchev–Trinajstić information content (AvgIpc) is 3.08. The Labute approximate surface area is 190 Å². The molecule has 6 nitrogen and oxygen atoms in total. The van der Waals surface area contributed by atoms with Gasteiger partial charge in [-0.3, -0.25) is 14.6 Å². The van der Waals surface area contributed by atoms with Gasteiger partial charge in [0.1, 0.15) is 23.9 Å². The quantitative estimate of drug-likeness (QED) is 0.253. The number of hydrogen-bond donors (Lipinski definition) is 1. The molecule has 1 N–H and O–H groups in total. The fraction of sp³-hybridized carbons (Fsp3) is 0.115. The van der Waals surface area contributed by atoms with Crippen molar-refractivity contribution >= 4 is 17.4 Å². The number of halogens is 1. The second-order valence-electron chi connectivity index (χ2n) is 7.43. The molecule has 1 atom stereocenters. The number of carbonyl (C=O) groups is 2. The number of amides is 1. The second kappa shape index (κ2) is 9.48. The number of ketones is 1. The Balaban J connectivity index is 1.81.